The highest BCUT2D eigenvalue weighted by Crippen LogP contribution is 2.30. The Kier molecular flexibility index (Phi) is 7.93. The van der Waals surface area contributed by atoms with Crippen LogP contribution in [0.5, 0.6) is 0 Å². The Morgan fingerprint density at radius 2 is 2.17 bits per heavy atom. The quantitative estimate of drug-likeness (QED) is 0.385. The van der Waals surface area contributed by atoms with Crippen LogP contribution in [0.25, 0.3) is 10.9 Å². The van der Waals surface area contributed by atoms with Gasteiger partial charge in [0.05, 0.1) is 28.4 Å². The molecule has 2 heterocycles. The molecule has 180 valence electrons. The number of nitrogens with zero attached hydrogens (tertiary/aromatic N) is 3. The first kappa shape index (κ1) is 24.6. The van der Waals surface area contributed by atoms with Crippen LogP contribution in [0.4, 0.5) is 21.6 Å². The number of halogens is 2. The number of benzene rings is 2. The number of fused-ring (bicyclic) bond motifs is 1. The third-order valence-corrected chi connectivity index (χ3v) is 5.58. The van der Waals surface area contributed by atoms with Gasteiger partial charge in [0.15, 0.2) is 0 Å². The zero-order chi connectivity index (χ0) is 24.8. The Balaban J connectivity index is 1.71. The van der Waals surface area contributed by atoms with Gasteiger partial charge >= 0.3 is 0 Å². The molecule has 0 saturated carbocycles. The number of hydrogen-bond acceptors (Lipinski definition) is 6. The van der Waals surface area contributed by atoms with Gasteiger partial charge in [-0.2, -0.15) is 0 Å². The summed E-state index contributed by atoms with van der Waals surface area (Å²) in [6.07, 6.45) is 5.59. The number of nitrogens with one attached hydrogen (secondary N) is 2. The van der Waals surface area contributed by atoms with Crippen molar-refractivity contribution in [1.29, 1.82) is 0 Å². The number of carbonyl (C=O) groups is 1. The largest absolute Gasteiger partial charge is 0.380 e. The van der Waals surface area contributed by atoms with Gasteiger partial charge in [-0.1, -0.05) is 29.5 Å². The van der Waals surface area contributed by atoms with E-state index in [9.17, 15) is 9.18 Å². The predicted octanol–water partition coefficient (Wildman–Crippen LogP) is 4.61. The van der Waals surface area contributed by atoms with Gasteiger partial charge in [0, 0.05) is 36.2 Å². The maximum absolute atomic E-state index is 13.6. The molecule has 0 radical (unpaired) electrons. The van der Waals surface area contributed by atoms with Gasteiger partial charge in [0.2, 0.25) is 5.91 Å². The van der Waals surface area contributed by atoms with Crippen LogP contribution < -0.4 is 10.6 Å². The summed E-state index contributed by atoms with van der Waals surface area (Å²) in [4.78, 5) is 23.3. The molecule has 1 aromatic heterocycles. The SMILES string of the molecule is CN(C)C/C=C/C(=O)Nc1cc2c(Nc3ccc(F)c(Cl)c3)ncnc2cc1C#CC1CCOC1. The van der Waals surface area contributed by atoms with Crippen LogP contribution in [0.3, 0.4) is 0 Å². The summed E-state index contributed by atoms with van der Waals surface area (Å²) in [6, 6.07) is 7.93. The fourth-order valence-electron chi connectivity index (χ4n) is 3.49. The summed E-state index contributed by atoms with van der Waals surface area (Å²) in [6.45, 7) is 1.95. The standard InChI is InChI=1S/C26H25ClFN5O2/c1-33(2)10-3-4-25(34)32-23-14-20-24(12-18(23)6-5-17-9-11-35-15-17)29-16-30-26(20)31-19-7-8-22(28)21(27)13-19/h3-4,7-8,12-14,16-17H,9-11,15H2,1-2H3,(H,32,34)(H,29,30,31)/b4-3+. The highest BCUT2D eigenvalue weighted by molar-refractivity contribution is 6.31. The van der Waals surface area contributed by atoms with Crippen LogP contribution in [0.2, 0.25) is 5.02 Å². The second-order valence-corrected chi connectivity index (χ2v) is 8.78. The summed E-state index contributed by atoms with van der Waals surface area (Å²) in [5.74, 6) is 6.30. The van der Waals surface area contributed by atoms with Gasteiger partial charge in [-0.15, -0.1) is 0 Å². The van der Waals surface area contributed by atoms with E-state index < -0.39 is 5.82 Å². The average Bonchev–Trinajstić information content (AvgIpc) is 3.34. The number of anilines is 3. The summed E-state index contributed by atoms with van der Waals surface area (Å²) in [5, 5.41) is 6.74. The number of carbonyl (C=O) groups excluding carboxylic acids is 1. The van der Waals surface area contributed by atoms with Gasteiger partial charge in [-0.05, 0) is 50.8 Å². The van der Waals surface area contributed by atoms with Crippen molar-refractivity contribution in [2.45, 2.75) is 6.42 Å². The van der Waals surface area contributed by atoms with Crippen molar-refractivity contribution < 1.29 is 13.9 Å². The van der Waals surface area contributed by atoms with E-state index in [4.69, 9.17) is 16.3 Å². The smallest absolute Gasteiger partial charge is 0.248 e. The van der Waals surface area contributed by atoms with Crippen molar-refractivity contribution in [3.05, 3.63) is 65.2 Å². The summed E-state index contributed by atoms with van der Waals surface area (Å²) in [5.41, 5.74) is 2.40. The topological polar surface area (TPSA) is 79.4 Å². The molecule has 0 aliphatic carbocycles. The molecule has 1 unspecified atom stereocenters. The lowest BCUT2D eigenvalue weighted by Crippen LogP contribution is -2.13. The molecule has 1 saturated heterocycles. The molecular formula is C26H25ClFN5O2. The molecule has 2 aromatic carbocycles. The molecule has 1 amide bonds. The van der Waals surface area contributed by atoms with Crippen LogP contribution in [0.1, 0.15) is 12.0 Å². The molecule has 35 heavy (non-hydrogen) atoms. The van der Waals surface area contributed by atoms with Gasteiger partial charge in [0.25, 0.3) is 0 Å². The van der Waals surface area contributed by atoms with E-state index in [1.54, 1.807) is 18.2 Å². The third kappa shape index (κ3) is 6.55. The van der Waals surface area contributed by atoms with Crippen molar-refractivity contribution in [3.8, 4) is 11.8 Å². The first-order chi connectivity index (χ1) is 16.9. The monoisotopic (exact) mass is 493 g/mol. The van der Waals surface area contributed by atoms with Crippen LogP contribution in [-0.4, -0.2) is 54.6 Å². The van der Waals surface area contributed by atoms with Crippen molar-refractivity contribution in [2.24, 2.45) is 5.92 Å². The van der Waals surface area contributed by atoms with Crippen molar-refractivity contribution in [3.63, 3.8) is 0 Å². The number of likely N-dealkylation sites (N-methyl/N-ethyl adjacent to an activating group) is 1. The van der Waals surface area contributed by atoms with E-state index in [0.29, 0.717) is 53.4 Å². The fourth-order valence-corrected chi connectivity index (χ4v) is 3.67. The summed E-state index contributed by atoms with van der Waals surface area (Å²) < 4.78 is 19.0. The van der Waals surface area contributed by atoms with Crippen LogP contribution in [-0.2, 0) is 9.53 Å². The van der Waals surface area contributed by atoms with Gasteiger partial charge in [-0.3, -0.25) is 4.79 Å². The molecule has 2 N–H and O–H groups in total. The zero-order valence-corrected chi connectivity index (χ0v) is 20.2. The molecule has 1 atom stereocenters. The molecule has 1 aliphatic heterocycles. The summed E-state index contributed by atoms with van der Waals surface area (Å²) >= 11 is 5.92. The van der Waals surface area contributed by atoms with Gasteiger partial charge < -0.3 is 20.3 Å². The highest BCUT2D eigenvalue weighted by Gasteiger charge is 2.14. The zero-order valence-electron chi connectivity index (χ0n) is 19.4. The van der Waals surface area contributed by atoms with Crippen LogP contribution in [0, 0.1) is 23.6 Å². The lowest BCUT2D eigenvalue weighted by molar-refractivity contribution is -0.111. The van der Waals surface area contributed by atoms with E-state index >= 15 is 0 Å². The third-order valence-electron chi connectivity index (χ3n) is 5.30. The molecule has 7 nitrogen and oxygen atoms in total. The number of rotatable bonds is 6. The predicted molar refractivity (Wildman–Crippen MR) is 136 cm³/mol. The molecule has 0 spiro atoms. The number of aromatic nitrogens is 2. The second kappa shape index (κ2) is 11.3. The lowest BCUT2D eigenvalue weighted by atomic mass is 10.1. The van der Waals surface area contributed by atoms with Gasteiger partial charge in [-0.25, -0.2) is 14.4 Å². The first-order valence-corrected chi connectivity index (χ1v) is 11.5. The molecular weight excluding hydrogens is 469 g/mol. The van der Waals surface area contributed by atoms with Gasteiger partial charge in [0.1, 0.15) is 18.0 Å². The van der Waals surface area contributed by atoms with Crippen LogP contribution in [0.15, 0.2) is 48.8 Å². The van der Waals surface area contributed by atoms with E-state index in [1.165, 1.54) is 24.5 Å². The number of amides is 1. The van der Waals surface area contributed by atoms with Crippen molar-refractivity contribution >= 4 is 45.6 Å². The second-order valence-electron chi connectivity index (χ2n) is 8.37. The Bertz CT molecular complexity index is 1330. The minimum absolute atomic E-state index is 0.000668. The maximum Gasteiger partial charge on any atom is 0.248 e. The fraction of sp³-hybridized carbons (Fsp3) is 0.269. The highest BCUT2D eigenvalue weighted by atomic mass is 35.5. The van der Waals surface area contributed by atoms with E-state index in [2.05, 4.69) is 32.4 Å². The molecule has 3 aromatic rings. The number of hydrogen-bond donors (Lipinski definition) is 2. The van der Waals surface area contributed by atoms with E-state index in [-0.39, 0.29) is 16.8 Å². The van der Waals surface area contributed by atoms with Crippen molar-refractivity contribution in [2.75, 3.05) is 44.5 Å². The summed E-state index contributed by atoms with van der Waals surface area (Å²) in [7, 11) is 3.85. The molecule has 4 rings (SSSR count). The normalized spacial score (nSPS) is 15.4. The minimum atomic E-state index is -0.507. The van der Waals surface area contributed by atoms with Crippen molar-refractivity contribution in [1.82, 2.24) is 14.9 Å². The maximum atomic E-state index is 13.6. The Labute approximate surface area is 208 Å². The average molecular weight is 494 g/mol. The number of ether oxygens (including phenoxy) is 1. The van der Waals surface area contributed by atoms with E-state index in [0.717, 1.165) is 6.42 Å². The lowest BCUT2D eigenvalue weighted by Gasteiger charge is -2.12. The Hall–Kier alpha value is -3.51. The van der Waals surface area contributed by atoms with E-state index in [1.807, 2.05) is 25.1 Å². The first-order valence-electron chi connectivity index (χ1n) is 11.1. The minimum Gasteiger partial charge on any atom is -0.380 e. The van der Waals surface area contributed by atoms with Crippen LogP contribution >= 0.6 is 11.6 Å². The molecule has 9 heteroatoms. The molecule has 1 fully saturated rings. The Morgan fingerprint density at radius 1 is 1.31 bits per heavy atom. The Morgan fingerprint density at radius 3 is 2.91 bits per heavy atom. The molecule has 1 aliphatic rings. The molecule has 0 bridgehead atoms.